The first-order chi connectivity index (χ1) is 11.2. The molecule has 1 unspecified atom stereocenters. The molecule has 6 heteroatoms. The van der Waals surface area contributed by atoms with Crippen LogP contribution in [-0.4, -0.2) is 21.9 Å². The van der Waals surface area contributed by atoms with Crippen LogP contribution in [0.1, 0.15) is 17.4 Å². The van der Waals surface area contributed by atoms with Crippen molar-refractivity contribution in [2.45, 2.75) is 12.5 Å². The third kappa shape index (κ3) is 2.43. The van der Waals surface area contributed by atoms with Gasteiger partial charge in [-0.2, -0.15) is 0 Å². The highest BCUT2D eigenvalue weighted by Gasteiger charge is 2.24. The van der Waals surface area contributed by atoms with Gasteiger partial charge in [0.2, 0.25) is 0 Å². The van der Waals surface area contributed by atoms with Crippen molar-refractivity contribution < 1.29 is 9.47 Å². The summed E-state index contributed by atoms with van der Waals surface area (Å²) >= 11 is 0. The average molecular weight is 308 g/mol. The van der Waals surface area contributed by atoms with Crippen molar-refractivity contribution in [1.82, 2.24) is 14.8 Å². The van der Waals surface area contributed by atoms with Gasteiger partial charge in [0.15, 0.2) is 5.82 Å². The van der Waals surface area contributed by atoms with E-state index in [1.54, 1.807) is 13.4 Å². The Morgan fingerprint density at radius 3 is 2.83 bits per heavy atom. The Labute approximate surface area is 133 Å². The van der Waals surface area contributed by atoms with Crippen molar-refractivity contribution in [2.75, 3.05) is 7.11 Å². The van der Waals surface area contributed by atoms with E-state index in [0.29, 0.717) is 6.42 Å². The second-order valence-corrected chi connectivity index (χ2v) is 5.44. The maximum absolute atomic E-state index is 6.17. The predicted molar refractivity (Wildman–Crippen MR) is 85.1 cm³/mol. The summed E-state index contributed by atoms with van der Waals surface area (Å²) in [5.74, 6) is 3.05. The highest BCUT2D eigenvalue weighted by molar-refractivity contribution is 5.50. The first-order valence-corrected chi connectivity index (χ1v) is 7.35. The van der Waals surface area contributed by atoms with Crippen molar-refractivity contribution in [3.8, 4) is 22.9 Å². The third-order valence-electron chi connectivity index (χ3n) is 3.93. The second kappa shape index (κ2) is 5.40. The molecule has 116 valence electrons. The van der Waals surface area contributed by atoms with E-state index in [2.05, 4.69) is 10.2 Å². The predicted octanol–water partition coefficient (Wildman–Crippen LogP) is 2.62. The number of nitrogens with zero attached hydrogens (tertiary/aromatic N) is 3. The van der Waals surface area contributed by atoms with Gasteiger partial charge in [-0.15, -0.1) is 10.2 Å². The third-order valence-corrected chi connectivity index (χ3v) is 3.93. The minimum absolute atomic E-state index is 0.155. The SMILES string of the molecule is COc1cccc(Oc2ccc3c(c2)CC(N)c2nncn2-3)c1. The van der Waals surface area contributed by atoms with E-state index < -0.39 is 0 Å². The second-order valence-electron chi connectivity index (χ2n) is 5.44. The quantitative estimate of drug-likeness (QED) is 0.805. The topological polar surface area (TPSA) is 75.2 Å². The molecule has 1 atom stereocenters. The van der Waals surface area contributed by atoms with Crippen LogP contribution in [0.2, 0.25) is 0 Å². The van der Waals surface area contributed by atoms with Crippen LogP contribution in [0.3, 0.4) is 0 Å². The Hall–Kier alpha value is -2.86. The molecule has 2 aromatic carbocycles. The number of fused-ring (bicyclic) bond motifs is 3. The van der Waals surface area contributed by atoms with Crippen LogP contribution in [0.25, 0.3) is 5.69 Å². The normalized spacial score (nSPS) is 15.7. The number of rotatable bonds is 3. The fraction of sp³-hybridized carbons (Fsp3) is 0.176. The Morgan fingerprint density at radius 1 is 1.13 bits per heavy atom. The number of nitrogens with two attached hydrogens (primary N) is 1. The first-order valence-electron chi connectivity index (χ1n) is 7.35. The van der Waals surface area contributed by atoms with Crippen LogP contribution in [0.15, 0.2) is 48.8 Å². The Morgan fingerprint density at radius 2 is 1.96 bits per heavy atom. The molecule has 0 fully saturated rings. The van der Waals surface area contributed by atoms with Crippen molar-refractivity contribution in [2.24, 2.45) is 5.73 Å². The van der Waals surface area contributed by atoms with Crippen LogP contribution in [0.5, 0.6) is 17.2 Å². The molecule has 2 heterocycles. The molecule has 6 nitrogen and oxygen atoms in total. The summed E-state index contributed by atoms with van der Waals surface area (Å²) in [7, 11) is 1.64. The molecular weight excluding hydrogens is 292 g/mol. The standard InChI is InChI=1S/C17H16N4O2/c1-22-12-3-2-4-13(9-12)23-14-5-6-16-11(7-14)8-15(18)17-20-19-10-21(16)17/h2-7,9-10,15H,8,18H2,1H3. The molecule has 0 amide bonds. The minimum Gasteiger partial charge on any atom is -0.497 e. The first kappa shape index (κ1) is 13.8. The lowest BCUT2D eigenvalue weighted by Gasteiger charge is -2.23. The zero-order valence-corrected chi connectivity index (χ0v) is 12.6. The summed E-state index contributed by atoms with van der Waals surface area (Å²) in [5.41, 5.74) is 8.33. The summed E-state index contributed by atoms with van der Waals surface area (Å²) < 4.78 is 13.1. The lowest BCUT2D eigenvalue weighted by Crippen LogP contribution is -2.23. The smallest absolute Gasteiger partial charge is 0.154 e. The number of benzene rings is 2. The van der Waals surface area contributed by atoms with E-state index in [1.165, 1.54) is 0 Å². The molecule has 0 aliphatic carbocycles. The largest absolute Gasteiger partial charge is 0.497 e. The van der Waals surface area contributed by atoms with Crippen LogP contribution in [0.4, 0.5) is 0 Å². The van der Waals surface area contributed by atoms with Gasteiger partial charge in [-0.3, -0.25) is 4.57 Å². The summed E-state index contributed by atoms with van der Waals surface area (Å²) in [6.07, 6.45) is 2.40. The van der Waals surface area contributed by atoms with Gasteiger partial charge >= 0.3 is 0 Å². The van der Waals surface area contributed by atoms with Crippen LogP contribution in [0, 0.1) is 0 Å². The highest BCUT2D eigenvalue weighted by atomic mass is 16.5. The molecule has 0 saturated carbocycles. The summed E-state index contributed by atoms with van der Waals surface area (Å²) in [6, 6.07) is 13.3. The fourth-order valence-corrected chi connectivity index (χ4v) is 2.84. The molecule has 1 aromatic heterocycles. The van der Waals surface area contributed by atoms with Crippen molar-refractivity contribution in [3.63, 3.8) is 0 Å². The highest BCUT2D eigenvalue weighted by Crippen LogP contribution is 2.33. The van der Waals surface area contributed by atoms with Gasteiger partial charge < -0.3 is 15.2 Å². The lowest BCUT2D eigenvalue weighted by atomic mass is 9.99. The molecule has 2 N–H and O–H groups in total. The molecule has 0 spiro atoms. The van der Waals surface area contributed by atoms with Gasteiger partial charge in [-0.1, -0.05) is 6.07 Å². The van der Waals surface area contributed by atoms with E-state index >= 15 is 0 Å². The van der Waals surface area contributed by atoms with E-state index in [0.717, 1.165) is 34.3 Å². The molecule has 1 aliphatic heterocycles. The van der Waals surface area contributed by atoms with Gasteiger partial charge in [-0.05, 0) is 42.3 Å². The van der Waals surface area contributed by atoms with E-state index in [9.17, 15) is 0 Å². The maximum Gasteiger partial charge on any atom is 0.154 e. The van der Waals surface area contributed by atoms with E-state index in [1.807, 2.05) is 47.0 Å². The van der Waals surface area contributed by atoms with E-state index in [-0.39, 0.29) is 6.04 Å². The van der Waals surface area contributed by atoms with Gasteiger partial charge in [0, 0.05) is 6.07 Å². The molecule has 4 rings (SSSR count). The molecule has 0 saturated heterocycles. The van der Waals surface area contributed by atoms with Crippen LogP contribution >= 0.6 is 0 Å². The average Bonchev–Trinajstić information content (AvgIpc) is 3.05. The lowest BCUT2D eigenvalue weighted by molar-refractivity contribution is 0.409. The fourth-order valence-electron chi connectivity index (χ4n) is 2.84. The molecule has 3 aromatic rings. The van der Waals surface area contributed by atoms with Crippen molar-refractivity contribution in [1.29, 1.82) is 0 Å². The zero-order valence-electron chi connectivity index (χ0n) is 12.6. The van der Waals surface area contributed by atoms with Crippen LogP contribution in [-0.2, 0) is 6.42 Å². The number of hydrogen-bond donors (Lipinski definition) is 1. The van der Waals surface area contributed by atoms with E-state index in [4.69, 9.17) is 15.2 Å². The number of aromatic nitrogens is 3. The molecule has 0 radical (unpaired) electrons. The van der Waals surface area contributed by atoms with Crippen molar-refractivity contribution >= 4 is 0 Å². The zero-order chi connectivity index (χ0) is 15.8. The molecule has 23 heavy (non-hydrogen) atoms. The molecule has 1 aliphatic rings. The van der Waals surface area contributed by atoms with Gasteiger partial charge in [0.25, 0.3) is 0 Å². The number of methoxy groups -OCH3 is 1. The summed E-state index contributed by atoms with van der Waals surface area (Å²) in [5, 5.41) is 8.04. The van der Waals surface area contributed by atoms with Crippen molar-refractivity contribution in [3.05, 3.63) is 60.2 Å². The molecule has 0 bridgehead atoms. The molecular formula is C17H16N4O2. The monoisotopic (exact) mass is 308 g/mol. The van der Waals surface area contributed by atoms with Gasteiger partial charge in [0.1, 0.15) is 23.6 Å². The van der Waals surface area contributed by atoms with Gasteiger partial charge in [-0.25, -0.2) is 0 Å². The summed E-state index contributed by atoms with van der Waals surface area (Å²) in [4.78, 5) is 0. The Kier molecular flexibility index (Phi) is 3.24. The summed E-state index contributed by atoms with van der Waals surface area (Å²) in [6.45, 7) is 0. The number of ether oxygens (including phenoxy) is 2. The minimum atomic E-state index is -0.155. The maximum atomic E-state index is 6.17. The van der Waals surface area contributed by atoms with Gasteiger partial charge in [0.05, 0.1) is 18.8 Å². The number of hydrogen-bond acceptors (Lipinski definition) is 5. The van der Waals surface area contributed by atoms with Crippen LogP contribution < -0.4 is 15.2 Å². The Balaban J connectivity index is 1.67. The Bertz CT molecular complexity index is 859.